The Hall–Kier alpha value is -3.24. The van der Waals surface area contributed by atoms with Crippen molar-refractivity contribution in [1.82, 2.24) is 10.2 Å². The highest BCUT2D eigenvalue weighted by Gasteiger charge is 2.15. The van der Waals surface area contributed by atoms with Crippen molar-refractivity contribution in [3.63, 3.8) is 0 Å². The van der Waals surface area contributed by atoms with E-state index in [4.69, 9.17) is 4.74 Å². The number of nitrogens with one attached hydrogen (secondary N) is 1. The second kappa shape index (κ2) is 9.80. The fourth-order valence-corrected chi connectivity index (χ4v) is 4.01. The Morgan fingerprint density at radius 2 is 2.07 bits per heavy atom. The molecule has 148 valence electrons. The van der Waals surface area contributed by atoms with Gasteiger partial charge in [-0.3, -0.25) is 20.2 Å². The lowest BCUT2D eigenvalue weighted by Gasteiger charge is -2.03. The van der Waals surface area contributed by atoms with Crippen molar-refractivity contribution < 1.29 is 14.5 Å². The van der Waals surface area contributed by atoms with E-state index in [1.807, 2.05) is 30.3 Å². The van der Waals surface area contributed by atoms with Crippen LogP contribution in [-0.2, 0) is 10.5 Å². The van der Waals surface area contributed by atoms with Crippen LogP contribution in [0.25, 0.3) is 6.08 Å². The number of methoxy groups -OCH3 is 1. The van der Waals surface area contributed by atoms with Gasteiger partial charge in [-0.15, -0.1) is 10.2 Å². The number of thioether (sulfide) groups is 1. The van der Waals surface area contributed by atoms with Crippen molar-refractivity contribution in [3.8, 4) is 5.75 Å². The third-order valence-corrected chi connectivity index (χ3v) is 5.71. The number of nitro groups is 1. The van der Waals surface area contributed by atoms with Crippen LogP contribution in [0.3, 0.4) is 0 Å². The van der Waals surface area contributed by atoms with Gasteiger partial charge in [0, 0.05) is 17.9 Å². The molecule has 0 unspecified atom stereocenters. The first-order valence-electron chi connectivity index (χ1n) is 8.37. The van der Waals surface area contributed by atoms with Crippen LogP contribution in [-0.4, -0.2) is 28.1 Å². The van der Waals surface area contributed by atoms with Crippen LogP contribution >= 0.6 is 23.1 Å². The second-order valence-corrected chi connectivity index (χ2v) is 7.86. The molecular weight excluding hydrogens is 412 g/mol. The lowest BCUT2D eigenvalue weighted by Crippen LogP contribution is -2.07. The van der Waals surface area contributed by atoms with E-state index in [9.17, 15) is 14.9 Å². The number of benzene rings is 2. The molecule has 3 rings (SSSR count). The molecule has 1 heterocycles. The van der Waals surface area contributed by atoms with Crippen LogP contribution in [0.4, 0.5) is 10.8 Å². The quantitative estimate of drug-likeness (QED) is 0.186. The number of hydrogen-bond donors (Lipinski definition) is 1. The monoisotopic (exact) mass is 428 g/mol. The largest absolute Gasteiger partial charge is 0.490 e. The third kappa shape index (κ3) is 5.87. The molecule has 0 radical (unpaired) electrons. The van der Waals surface area contributed by atoms with E-state index in [0.29, 0.717) is 15.2 Å². The molecule has 2 aromatic carbocycles. The van der Waals surface area contributed by atoms with E-state index < -0.39 is 4.92 Å². The molecule has 0 saturated carbocycles. The molecule has 0 spiro atoms. The van der Waals surface area contributed by atoms with Gasteiger partial charge in [0.05, 0.1) is 12.0 Å². The zero-order chi connectivity index (χ0) is 20.6. The maximum atomic E-state index is 12.0. The van der Waals surface area contributed by atoms with Gasteiger partial charge in [0.1, 0.15) is 0 Å². The van der Waals surface area contributed by atoms with E-state index in [2.05, 4.69) is 15.5 Å². The summed E-state index contributed by atoms with van der Waals surface area (Å²) < 4.78 is 5.64. The number of anilines is 1. The fourth-order valence-electron chi connectivity index (χ4n) is 2.31. The molecule has 0 aliphatic heterocycles. The number of carbonyl (C=O) groups excluding carboxylic acids is 1. The molecule has 8 nitrogen and oxygen atoms in total. The van der Waals surface area contributed by atoms with Crippen molar-refractivity contribution in [2.45, 2.75) is 10.1 Å². The summed E-state index contributed by atoms with van der Waals surface area (Å²) in [5.74, 6) is 0.391. The summed E-state index contributed by atoms with van der Waals surface area (Å²) in [4.78, 5) is 22.6. The number of hydrogen-bond acceptors (Lipinski definition) is 8. The molecule has 10 heteroatoms. The molecule has 29 heavy (non-hydrogen) atoms. The van der Waals surface area contributed by atoms with E-state index in [0.717, 1.165) is 11.1 Å². The zero-order valence-corrected chi connectivity index (χ0v) is 16.9. The Balaban J connectivity index is 1.56. The van der Waals surface area contributed by atoms with Gasteiger partial charge in [-0.25, -0.2) is 0 Å². The Morgan fingerprint density at radius 1 is 1.28 bits per heavy atom. The molecular formula is C19H16N4O4S2. The molecule has 0 atom stereocenters. The first-order valence-corrected chi connectivity index (χ1v) is 10.2. The second-order valence-electron chi connectivity index (χ2n) is 5.66. The Morgan fingerprint density at radius 3 is 2.79 bits per heavy atom. The van der Waals surface area contributed by atoms with Gasteiger partial charge in [-0.2, -0.15) is 0 Å². The first-order chi connectivity index (χ1) is 14.0. The molecule has 1 aromatic heterocycles. The van der Waals surface area contributed by atoms with E-state index >= 15 is 0 Å². The summed E-state index contributed by atoms with van der Waals surface area (Å²) in [5, 5.41) is 22.1. The molecule has 0 aliphatic rings. The Labute approximate surface area is 174 Å². The molecule has 0 saturated heterocycles. The number of nitro benzene ring substituents is 1. The smallest absolute Gasteiger partial charge is 0.311 e. The van der Waals surface area contributed by atoms with Crippen LogP contribution in [0.15, 0.2) is 58.9 Å². The predicted octanol–water partition coefficient (Wildman–Crippen LogP) is 4.40. The minimum absolute atomic E-state index is 0.0824. The SMILES string of the molecule is COc1ccc(CSc2nnc(NC(=O)/C=C/c3ccccc3)s2)cc1[N+](=O)[O-]. The highest BCUT2D eigenvalue weighted by atomic mass is 32.2. The predicted molar refractivity (Wildman–Crippen MR) is 113 cm³/mol. The minimum Gasteiger partial charge on any atom is -0.490 e. The van der Waals surface area contributed by atoms with Crippen molar-refractivity contribution in [2.24, 2.45) is 0 Å². The highest BCUT2D eigenvalue weighted by molar-refractivity contribution is 8.00. The maximum Gasteiger partial charge on any atom is 0.311 e. The minimum atomic E-state index is -0.478. The summed E-state index contributed by atoms with van der Waals surface area (Å²) in [6.45, 7) is 0. The Kier molecular flexibility index (Phi) is 6.93. The maximum absolute atomic E-state index is 12.0. The van der Waals surface area contributed by atoms with Gasteiger partial charge in [0.25, 0.3) is 0 Å². The average molecular weight is 428 g/mol. The average Bonchev–Trinajstić information content (AvgIpc) is 3.18. The highest BCUT2D eigenvalue weighted by Crippen LogP contribution is 2.32. The van der Waals surface area contributed by atoms with Gasteiger partial charge < -0.3 is 4.74 Å². The van der Waals surface area contributed by atoms with Crippen LogP contribution in [0, 0.1) is 10.1 Å². The standard InChI is InChI=1S/C19H16N4O4S2/c1-27-16-9-7-14(11-15(16)23(25)26)12-28-19-22-21-18(29-19)20-17(24)10-8-13-5-3-2-4-6-13/h2-11H,12H2,1H3,(H,20,21,24)/b10-8+. The number of rotatable bonds is 8. The zero-order valence-electron chi connectivity index (χ0n) is 15.3. The van der Waals surface area contributed by atoms with Crippen LogP contribution in [0.2, 0.25) is 0 Å². The van der Waals surface area contributed by atoms with Gasteiger partial charge in [0.15, 0.2) is 10.1 Å². The van der Waals surface area contributed by atoms with Crippen molar-refractivity contribution in [2.75, 3.05) is 12.4 Å². The van der Waals surface area contributed by atoms with E-state index in [1.165, 1.54) is 42.4 Å². The lowest BCUT2D eigenvalue weighted by molar-refractivity contribution is -0.385. The van der Waals surface area contributed by atoms with E-state index in [1.54, 1.807) is 18.2 Å². The molecule has 1 amide bonds. The normalized spacial score (nSPS) is 10.8. The number of ether oxygens (including phenoxy) is 1. The summed E-state index contributed by atoms with van der Waals surface area (Å²) in [6, 6.07) is 14.3. The number of carbonyl (C=O) groups is 1. The molecule has 0 aliphatic carbocycles. The summed E-state index contributed by atoms with van der Waals surface area (Å²) in [5.41, 5.74) is 1.60. The summed E-state index contributed by atoms with van der Waals surface area (Å²) >= 11 is 2.61. The summed E-state index contributed by atoms with van der Waals surface area (Å²) in [6.07, 6.45) is 3.14. The van der Waals surface area contributed by atoms with Gasteiger partial charge in [-0.1, -0.05) is 59.5 Å². The lowest BCUT2D eigenvalue weighted by atomic mass is 10.2. The van der Waals surface area contributed by atoms with Gasteiger partial charge >= 0.3 is 5.69 Å². The number of nitrogens with zero attached hydrogens (tertiary/aromatic N) is 3. The Bertz CT molecular complexity index is 1040. The third-order valence-electron chi connectivity index (χ3n) is 3.67. The van der Waals surface area contributed by atoms with E-state index in [-0.39, 0.29) is 17.3 Å². The summed E-state index contributed by atoms with van der Waals surface area (Å²) in [7, 11) is 1.39. The molecule has 0 fully saturated rings. The van der Waals surface area contributed by atoms with Gasteiger partial charge in [-0.05, 0) is 23.3 Å². The van der Waals surface area contributed by atoms with Crippen LogP contribution in [0.5, 0.6) is 5.75 Å². The van der Waals surface area contributed by atoms with Crippen molar-refractivity contribution in [3.05, 3.63) is 75.8 Å². The van der Waals surface area contributed by atoms with Crippen molar-refractivity contribution >= 4 is 45.9 Å². The number of aromatic nitrogens is 2. The van der Waals surface area contributed by atoms with Gasteiger partial charge in [0.2, 0.25) is 11.0 Å². The fraction of sp³-hybridized carbons (Fsp3) is 0.105. The van der Waals surface area contributed by atoms with Crippen LogP contribution < -0.4 is 10.1 Å². The molecule has 3 aromatic rings. The molecule has 0 bridgehead atoms. The number of amides is 1. The van der Waals surface area contributed by atoms with Crippen LogP contribution in [0.1, 0.15) is 11.1 Å². The molecule has 1 N–H and O–H groups in total. The topological polar surface area (TPSA) is 107 Å². The van der Waals surface area contributed by atoms with Crippen molar-refractivity contribution in [1.29, 1.82) is 0 Å². The first kappa shape index (κ1) is 20.5.